The van der Waals surface area contributed by atoms with Crippen molar-refractivity contribution >= 4 is 15.2 Å². The average molecular weight is 206 g/mol. The monoisotopic (exact) mass is 206 g/mol. The highest BCUT2D eigenvalue weighted by molar-refractivity contribution is 7.72. The first-order valence-electron chi connectivity index (χ1n) is 2.19. The minimum absolute atomic E-state index is 3.29. The molecule has 11 heavy (non-hydrogen) atoms. The Hall–Kier alpha value is 0.220. The smallest absolute Gasteiger partial charge is 0.322 e. The Morgan fingerprint density at radius 1 is 0.909 bits per heavy atom. The fourth-order valence-corrected chi connectivity index (χ4v) is 1.53. The van der Waals surface area contributed by atoms with Gasteiger partial charge in [-0.2, -0.15) is 0 Å². The Balaban J connectivity index is 5.08. The standard InChI is InChI=1S/CH8N2O6P2/c2-1(3,10(4,5)6)11(7,8)9/h2-3H2,(H2,4,5,6)(H2,7,8,9). The van der Waals surface area contributed by atoms with Crippen LogP contribution >= 0.6 is 15.2 Å². The van der Waals surface area contributed by atoms with Crippen LogP contribution in [-0.2, 0) is 9.13 Å². The second-order valence-corrected chi connectivity index (χ2v) is 5.88. The van der Waals surface area contributed by atoms with Gasteiger partial charge in [0, 0.05) is 0 Å². The van der Waals surface area contributed by atoms with Gasteiger partial charge >= 0.3 is 15.2 Å². The van der Waals surface area contributed by atoms with Crippen molar-refractivity contribution in [2.45, 2.75) is 5.15 Å². The van der Waals surface area contributed by atoms with Gasteiger partial charge in [-0.15, -0.1) is 0 Å². The summed E-state index contributed by atoms with van der Waals surface area (Å²) in [6.07, 6.45) is 0. The molecule has 10 heteroatoms. The normalized spacial score (nSPS) is 15.1. The zero-order chi connectivity index (χ0) is 9.50. The fourth-order valence-electron chi connectivity index (χ4n) is 0.170. The number of nitrogens with two attached hydrogens (primary N) is 2. The molecular weight excluding hydrogens is 198 g/mol. The molecule has 0 unspecified atom stereocenters. The molecule has 0 fully saturated rings. The summed E-state index contributed by atoms with van der Waals surface area (Å²) in [6, 6.07) is 0. The van der Waals surface area contributed by atoms with Crippen molar-refractivity contribution < 1.29 is 28.7 Å². The van der Waals surface area contributed by atoms with Crippen LogP contribution < -0.4 is 11.5 Å². The molecule has 0 aliphatic carbocycles. The van der Waals surface area contributed by atoms with E-state index in [4.69, 9.17) is 19.6 Å². The zero-order valence-corrected chi connectivity index (χ0v) is 6.94. The molecule has 0 atom stereocenters. The van der Waals surface area contributed by atoms with E-state index in [9.17, 15) is 9.13 Å². The van der Waals surface area contributed by atoms with Gasteiger partial charge in [0.25, 0.3) is 5.15 Å². The third-order valence-electron chi connectivity index (χ3n) is 0.933. The molecule has 0 aromatic rings. The van der Waals surface area contributed by atoms with E-state index < -0.39 is 20.3 Å². The van der Waals surface area contributed by atoms with Crippen LogP contribution in [0.3, 0.4) is 0 Å². The lowest BCUT2D eigenvalue weighted by atomic mass is 11.2. The quantitative estimate of drug-likeness (QED) is 0.220. The molecule has 0 aromatic heterocycles. The summed E-state index contributed by atoms with van der Waals surface area (Å²) in [4.78, 5) is 33.0. The molecule has 0 spiro atoms. The van der Waals surface area contributed by atoms with E-state index in [0.717, 1.165) is 0 Å². The second-order valence-electron chi connectivity index (χ2n) is 1.87. The summed E-state index contributed by atoms with van der Waals surface area (Å²) < 4.78 is 20.5. The van der Waals surface area contributed by atoms with E-state index in [1.807, 2.05) is 0 Å². The van der Waals surface area contributed by atoms with Gasteiger partial charge in [0.2, 0.25) is 0 Å². The largest absolute Gasteiger partial charge is 0.372 e. The first-order chi connectivity index (χ1) is 4.50. The summed E-state index contributed by atoms with van der Waals surface area (Å²) in [6.45, 7) is 0. The van der Waals surface area contributed by atoms with Gasteiger partial charge in [0.15, 0.2) is 0 Å². The lowest BCUT2D eigenvalue weighted by Crippen LogP contribution is -2.48. The van der Waals surface area contributed by atoms with Crippen LogP contribution in [0.2, 0.25) is 0 Å². The Morgan fingerprint density at radius 3 is 1.09 bits per heavy atom. The van der Waals surface area contributed by atoms with E-state index in [1.54, 1.807) is 0 Å². The first-order valence-corrected chi connectivity index (χ1v) is 5.41. The predicted molar refractivity (Wildman–Crippen MR) is 35.2 cm³/mol. The van der Waals surface area contributed by atoms with Crippen LogP contribution in [0.15, 0.2) is 0 Å². The molecular formula is CH8N2O6P2. The lowest BCUT2D eigenvalue weighted by Gasteiger charge is -2.25. The number of rotatable bonds is 2. The molecule has 8 N–H and O–H groups in total. The van der Waals surface area contributed by atoms with Gasteiger partial charge in [0.05, 0.1) is 0 Å². The molecule has 0 aliphatic rings. The van der Waals surface area contributed by atoms with Gasteiger partial charge in [-0.05, 0) is 0 Å². The molecule has 0 heterocycles. The number of hydrogen-bond donors (Lipinski definition) is 6. The predicted octanol–water partition coefficient (Wildman–Crippen LogP) is -2.13. The van der Waals surface area contributed by atoms with E-state index in [2.05, 4.69) is 11.5 Å². The molecule has 68 valence electrons. The molecule has 0 saturated heterocycles. The maximum atomic E-state index is 10.3. The summed E-state index contributed by atoms with van der Waals surface area (Å²) >= 11 is 0. The molecule has 8 nitrogen and oxygen atoms in total. The van der Waals surface area contributed by atoms with E-state index in [-0.39, 0.29) is 0 Å². The maximum absolute atomic E-state index is 10.3. The Bertz CT molecular complexity index is 211. The van der Waals surface area contributed by atoms with Crippen LogP contribution in [0, 0.1) is 0 Å². The van der Waals surface area contributed by atoms with Gasteiger partial charge in [-0.25, -0.2) is 0 Å². The molecule has 0 rings (SSSR count). The highest BCUT2D eigenvalue weighted by Crippen LogP contribution is 2.62. The first kappa shape index (κ1) is 11.2. The zero-order valence-electron chi connectivity index (χ0n) is 5.15. The summed E-state index contributed by atoms with van der Waals surface area (Å²) in [5.41, 5.74) is 9.04. The van der Waals surface area contributed by atoms with Crippen molar-refractivity contribution in [1.29, 1.82) is 0 Å². The van der Waals surface area contributed by atoms with E-state index in [1.165, 1.54) is 0 Å². The second kappa shape index (κ2) is 2.62. The molecule has 0 bridgehead atoms. The maximum Gasteiger partial charge on any atom is 0.372 e. The van der Waals surface area contributed by atoms with Crippen molar-refractivity contribution in [3.05, 3.63) is 0 Å². The van der Waals surface area contributed by atoms with Gasteiger partial charge in [-0.3, -0.25) is 20.6 Å². The molecule has 0 amide bonds. The molecule has 0 aromatic carbocycles. The summed E-state index contributed by atoms with van der Waals surface area (Å²) in [7, 11) is -10.4. The third kappa shape index (κ3) is 2.08. The third-order valence-corrected chi connectivity index (χ3v) is 4.36. The van der Waals surface area contributed by atoms with Gasteiger partial charge < -0.3 is 19.6 Å². The number of hydrogen-bond acceptors (Lipinski definition) is 4. The van der Waals surface area contributed by atoms with Gasteiger partial charge in [-0.1, -0.05) is 0 Å². The Labute approximate surface area is 61.5 Å². The van der Waals surface area contributed by atoms with Crippen molar-refractivity contribution in [1.82, 2.24) is 0 Å². The molecule has 0 aliphatic heterocycles. The highest BCUT2D eigenvalue weighted by Gasteiger charge is 2.54. The minimum Gasteiger partial charge on any atom is -0.322 e. The topological polar surface area (TPSA) is 167 Å². The van der Waals surface area contributed by atoms with Crippen molar-refractivity contribution in [3.8, 4) is 0 Å². The fraction of sp³-hybridized carbons (Fsp3) is 1.00. The highest BCUT2D eigenvalue weighted by atomic mass is 31.2. The van der Waals surface area contributed by atoms with Crippen molar-refractivity contribution in [3.63, 3.8) is 0 Å². The van der Waals surface area contributed by atoms with Crippen LogP contribution in [0.25, 0.3) is 0 Å². The van der Waals surface area contributed by atoms with Crippen LogP contribution in [0.5, 0.6) is 0 Å². The van der Waals surface area contributed by atoms with Crippen LogP contribution in [0.4, 0.5) is 0 Å². The summed E-state index contributed by atoms with van der Waals surface area (Å²) in [5, 5.41) is -3.29. The van der Waals surface area contributed by atoms with Crippen molar-refractivity contribution in [2.24, 2.45) is 11.5 Å². The van der Waals surface area contributed by atoms with E-state index >= 15 is 0 Å². The van der Waals surface area contributed by atoms with Crippen LogP contribution in [-0.4, -0.2) is 24.7 Å². The van der Waals surface area contributed by atoms with Crippen molar-refractivity contribution in [2.75, 3.05) is 0 Å². The van der Waals surface area contributed by atoms with E-state index in [0.29, 0.717) is 0 Å². The minimum atomic E-state index is -5.20. The molecule has 0 radical (unpaired) electrons. The Kier molecular flexibility index (Phi) is 2.67. The Morgan fingerprint density at radius 2 is 1.09 bits per heavy atom. The van der Waals surface area contributed by atoms with Gasteiger partial charge in [0.1, 0.15) is 0 Å². The van der Waals surface area contributed by atoms with Crippen LogP contribution in [0.1, 0.15) is 0 Å². The molecule has 0 saturated carbocycles. The summed E-state index contributed by atoms with van der Waals surface area (Å²) in [5.74, 6) is 0. The SMILES string of the molecule is NC(N)(P(=O)(O)O)P(=O)(O)O. The average Bonchev–Trinajstić information content (AvgIpc) is 1.58. The lowest BCUT2D eigenvalue weighted by molar-refractivity contribution is 0.310.